The van der Waals surface area contributed by atoms with Gasteiger partial charge in [0.25, 0.3) is 0 Å². The summed E-state index contributed by atoms with van der Waals surface area (Å²) in [6, 6.07) is 8.19. The van der Waals surface area contributed by atoms with Crippen molar-refractivity contribution in [1.82, 2.24) is 10.2 Å². The van der Waals surface area contributed by atoms with Crippen molar-refractivity contribution in [3.05, 3.63) is 34.9 Å². The van der Waals surface area contributed by atoms with Gasteiger partial charge in [-0.3, -0.25) is 9.79 Å². The van der Waals surface area contributed by atoms with Crippen molar-refractivity contribution in [3.8, 4) is 0 Å². The second-order valence-corrected chi connectivity index (χ2v) is 7.64. The molecule has 27 heavy (non-hydrogen) atoms. The van der Waals surface area contributed by atoms with Crippen molar-refractivity contribution in [2.75, 3.05) is 33.3 Å². The summed E-state index contributed by atoms with van der Waals surface area (Å²) in [5.41, 5.74) is 1.54. The van der Waals surface area contributed by atoms with E-state index in [4.69, 9.17) is 16.3 Å². The van der Waals surface area contributed by atoms with Crippen LogP contribution in [0.25, 0.3) is 0 Å². The molecule has 0 radical (unpaired) electrons. The fourth-order valence-electron chi connectivity index (χ4n) is 3.69. The van der Waals surface area contributed by atoms with Crippen molar-refractivity contribution < 1.29 is 9.53 Å². The third kappa shape index (κ3) is 5.50. The zero-order valence-corrected chi connectivity index (χ0v) is 19.1. The molecular formula is C20H29ClIN3O2. The van der Waals surface area contributed by atoms with E-state index in [0.29, 0.717) is 6.61 Å². The first-order valence-corrected chi connectivity index (χ1v) is 9.84. The zero-order valence-electron chi connectivity index (χ0n) is 16.0. The van der Waals surface area contributed by atoms with Crippen LogP contribution >= 0.6 is 35.6 Å². The number of hydrogen-bond donors (Lipinski definition) is 1. The number of halogens is 2. The van der Waals surface area contributed by atoms with Gasteiger partial charge in [-0.1, -0.05) is 23.7 Å². The smallest absolute Gasteiger partial charge is 0.309 e. The first-order chi connectivity index (χ1) is 12.6. The van der Waals surface area contributed by atoms with Gasteiger partial charge >= 0.3 is 5.97 Å². The highest BCUT2D eigenvalue weighted by molar-refractivity contribution is 14.0. The average Bonchev–Trinajstić information content (AvgIpc) is 3.44. The standard InChI is InChI=1S/C20H28ClN3O2.HI/c1-3-26-18(25)15-8-12-24(13-9-15)19(22-2)23-14-20(10-11-20)16-4-6-17(21)7-5-16;/h4-7,15H,3,8-14H2,1-2H3,(H,22,23);1H. The monoisotopic (exact) mass is 505 g/mol. The molecule has 2 aliphatic rings. The molecule has 1 aromatic carbocycles. The fourth-order valence-corrected chi connectivity index (χ4v) is 3.82. The quantitative estimate of drug-likeness (QED) is 0.286. The predicted octanol–water partition coefficient (Wildman–Crippen LogP) is 3.84. The van der Waals surface area contributed by atoms with Gasteiger partial charge in [0.1, 0.15) is 0 Å². The Bertz CT molecular complexity index is 654. The Morgan fingerprint density at radius 1 is 1.30 bits per heavy atom. The van der Waals surface area contributed by atoms with Gasteiger partial charge in [-0.05, 0) is 50.3 Å². The highest BCUT2D eigenvalue weighted by atomic mass is 127. The first-order valence-electron chi connectivity index (χ1n) is 9.46. The van der Waals surface area contributed by atoms with Gasteiger partial charge in [0.15, 0.2) is 5.96 Å². The number of guanidine groups is 1. The summed E-state index contributed by atoms with van der Waals surface area (Å²) in [5, 5.41) is 4.33. The van der Waals surface area contributed by atoms with Gasteiger partial charge in [-0.25, -0.2) is 0 Å². The molecule has 2 fully saturated rings. The van der Waals surface area contributed by atoms with Gasteiger partial charge < -0.3 is 15.0 Å². The number of carbonyl (C=O) groups excluding carboxylic acids is 1. The molecular weight excluding hydrogens is 477 g/mol. The van der Waals surface area contributed by atoms with E-state index >= 15 is 0 Å². The molecule has 0 unspecified atom stereocenters. The van der Waals surface area contributed by atoms with Crippen molar-refractivity contribution in [1.29, 1.82) is 0 Å². The maximum Gasteiger partial charge on any atom is 0.309 e. The molecule has 0 atom stereocenters. The molecule has 1 aliphatic carbocycles. The van der Waals surface area contributed by atoms with Gasteiger partial charge in [-0.15, -0.1) is 24.0 Å². The number of esters is 1. The molecule has 1 aliphatic heterocycles. The van der Waals surface area contributed by atoms with E-state index in [2.05, 4.69) is 27.3 Å². The van der Waals surface area contributed by atoms with Crippen LogP contribution in [0.2, 0.25) is 5.02 Å². The predicted molar refractivity (Wildman–Crippen MR) is 120 cm³/mol. The summed E-state index contributed by atoms with van der Waals surface area (Å²) >= 11 is 6.01. The SMILES string of the molecule is CCOC(=O)C1CCN(C(=NC)NCC2(c3ccc(Cl)cc3)CC2)CC1.I. The molecule has 0 bridgehead atoms. The number of rotatable bonds is 5. The molecule has 150 valence electrons. The van der Waals surface area contributed by atoms with Crippen LogP contribution in [0.15, 0.2) is 29.3 Å². The minimum atomic E-state index is -0.0604. The van der Waals surface area contributed by atoms with Gasteiger partial charge in [0.05, 0.1) is 12.5 Å². The number of likely N-dealkylation sites (tertiary alicyclic amines) is 1. The largest absolute Gasteiger partial charge is 0.466 e. The van der Waals surface area contributed by atoms with E-state index in [1.54, 1.807) is 0 Å². The molecule has 0 amide bonds. The zero-order chi connectivity index (χ0) is 18.6. The Labute approximate surface area is 183 Å². The fraction of sp³-hybridized carbons (Fsp3) is 0.600. The normalized spacial score (nSPS) is 19.2. The summed E-state index contributed by atoms with van der Waals surface area (Å²) in [6.45, 7) is 4.84. The third-order valence-electron chi connectivity index (χ3n) is 5.52. The summed E-state index contributed by atoms with van der Waals surface area (Å²) < 4.78 is 5.15. The summed E-state index contributed by atoms with van der Waals surface area (Å²) in [7, 11) is 1.82. The average molecular weight is 506 g/mol. The van der Waals surface area contributed by atoms with Gasteiger partial charge in [-0.2, -0.15) is 0 Å². The van der Waals surface area contributed by atoms with Crippen molar-refractivity contribution >= 4 is 47.5 Å². The van der Waals surface area contributed by atoms with Crippen LogP contribution in [-0.4, -0.2) is 50.1 Å². The summed E-state index contributed by atoms with van der Waals surface area (Å²) in [6.07, 6.45) is 4.01. The van der Waals surface area contributed by atoms with E-state index in [1.807, 2.05) is 26.1 Å². The van der Waals surface area contributed by atoms with Crippen LogP contribution in [0, 0.1) is 5.92 Å². The van der Waals surface area contributed by atoms with E-state index in [-0.39, 0.29) is 41.3 Å². The Hall–Kier alpha value is -1.02. The first kappa shape index (κ1) is 22.3. The van der Waals surface area contributed by atoms with Crippen LogP contribution in [0.3, 0.4) is 0 Å². The van der Waals surface area contributed by atoms with E-state index in [9.17, 15) is 4.79 Å². The number of aliphatic imine (C=N–C) groups is 1. The number of nitrogens with zero attached hydrogens (tertiary/aromatic N) is 2. The van der Waals surface area contributed by atoms with Crippen LogP contribution < -0.4 is 5.32 Å². The number of carbonyl (C=O) groups is 1. The number of hydrogen-bond acceptors (Lipinski definition) is 3. The van der Waals surface area contributed by atoms with Gasteiger partial charge in [0, 0.05) is 37.1 Å². The molecule has 0 spiro atoms. The van der Waals surface area contributed by atoms with Crippen LogP contribution in [-0.2, 0) is 14.9 Å². The van der Waals surface area contributed by atoms with E-state index in [1.165, 1.54) is 18.4 Å². The van der Waals surface area contributed by atoms with E-state index in [0.717, 1.165) is 43.5 Å². The lowest BCUT2D eigenvalue weighted by molar-refractivity contribution is -0.149. The molecule has 3 rings (SSSR count). The topological polar surface area (TPSA) is 53.9 Å². The Kier molecular flexibility index (Phi) is 8.21. The second-order valence-electron chi connectivity index (χ2n) is 7.20. The Morgan fingerprint density at radius 3 is 2.44 bits per heavy atom. The highest BCUT2D eigenvalue weighted by Gasteiger charge is 2.44. The van der Waals surface area contributed by atoms with Crippen LogP contribution in [0.1, 0.15) is 38.2 Å². The maximum atomic E-state index is 11.9. The van der Waals surface area contributed by atoms with Gasteiger partial charge in [0.2, 0.25) is 0 Å². The number of piperidine rings is 1. The number of benzene rings is 1. The van der Waals surface area contributed by atoms with Crippen molar-refractivity contribution in [2.45, 2.75) is 38.0 Å². The maximum absolute atomic E-state index is 11.9. The van der Waals surface area contributed by atoms with Crippen molar-refractivity contribution in [2.24, 2.45) is 10.9 Å². The molecule has 1 saturated carbocycles. The molecule has 0 aromatic heterocycles. The molecule has 5 nitrogen and oxygen atoms in total. The highest BCUT2D eigenvalue weighted by Crippen LogP contribution is 2.47. The van der Waals surface area contributed by atoms with E-state index < -0.39 is 0 Å². The summed E-state index contributed by atoms with van der Waals surface area (Å²) in [4.78, 5) is 18.6. The minimum absolute atomic E-state index is 0. The number of nitrogens with one attached hydrogen (secondary N) is 1. The Balaban J connectivity index is 0.00000261. The van der Waals surface area contributed by atoms with Crippen LogP contribution in [0.4, 0.5) is 0 Å². The molecule has 1 saturated heterocycles. The van der Waals surface area contributed by atoms with Crippen LogP contribution in [0.5, 0.6) is 0 Å². The lowest BCUT2D eigenvalue weighted by atomic mass is 9.96. The second kappa shape index (κ2) is 9.96. The third-order valence-corrected chi connectivity index (χ3v) is 5.77. The molecule has 7 heteroatoms. The lowest BCUT2D eigenvalue weighted by Gasteiger charge is -2.34. The molecule has 1 heterocycles. The molecule has 1 aromatic rings. The summed E-state index contributed by atoms with van der Waals surface area (Å²) in [5.74, 6) is 0.885. The number of ether oxygens (including phenoxy) is 1. The van der Waals surface area contributed by atoms with Crippen molar-refractivity contribution in [3.63, 3.8) is 0 Å². The molecule has 1 N–H and O–H groups in total. The Morgan fingerprint density at radius 2 is 1.93 bits per heavy atom. The minimum Gasteiger partial charge on any atom is -0.466 e. The lowest BCUT2D eigenvalue weighted by Crippen LogP contribution is -2.48.